The summed E-state index contributed by atoms with van der Waals surface area (Å²) in [6.07, 6.45) is 1.34. The van der Waals surface area contributed by atoms with Crippen molar-refractivity contribution in [3.8, 4) is 22.8 Å². The van der Waals surface area contributed by atoms with Gasteiger partial charge in [-0.05, 0) is 32.4 Å². The lowest BCUT2D eigenvalue weighted by Crippen LogP contribution is -2.30. The standard InChI is InChI=1S/C23H28N4O2S/c1-4-26(5-2)21(28)16-11-17-30-23-25-24-22(18-12-7-6-8-13-18)27(23)19-14-9-10-15-20(19)29-3/h6-10,12-15H,4-5,11,16-17H2,1-3H3. The fourth-order valence-corrected chi connectivity index (χ4v) is 4.17. The number of carbonyl (C=O) groups is 1. The van der Waals surface area contributed by atoms with Crippen LogP contribution < -0.4 is 4.74 Å². The fraction of sp³-hybridized carbons (Fsp3) is 0.348. The highest BCUT2D eigenvalue weighted by Gasteiger charge is 2.19. The van der Waals surface area contributed by atoms with E-state index in [1.165, 1.54) is 0 Å². The third-order valence-corrected chi connectivity index (χ3v) is 5.89. The zero-order chi connectivity index (χ0) is 21.3. The Kier molecular flexibility index (Phi) is 7.90. The first-order chi connectivity index (χ1) is 14.7. The van der Waals surface area contributed by atoms with Gasteiger partial charge in [0, 0.05) is 30.8 Å². The van der Waals surface area contributed by atoms with Crippen LogP contribution in [-0.4, -0.2) is 51.5 Å². The predicted molar refractivity (Wildman–Crippen MR) is 121 cm³/mol. The van der Waals surface area contributed by atoms with Gasteiger partial charge in [-0.2, -0.15) is 0 Å². The normalized spacial score (nSPS) is 10.8. The van der Waals surface area contributed by atoms with Crippen LogP contribution in [0.5, 0.6) is 5.75 Å². The molecule has 0 aliphatic heterocycles. The van der Waals surface area contributed by atoms with Crippen molar-refractivity contribution < 1.29 is 9.53 Å². The number of aromatic nitrogens is 3. The van der Waals surface area contributed by atoms with Crippen molar-refractivity contribution in [1.29, 1.82) is 0 Å². The Balaban J connectivity index is 1.83. The van der Waals surface area contributed by atoms with Gasteiger partial charge in [0.25, 0.3) is 0 Å². The summed E-state index contributed by atoms with van der Waals surface area (Å²) in [5.41, 5.74) is 1.88. The number of amides is 1. The minimum atomic E-state index is 0.205. The molecule has 6 nitrogen and oxygen atoms in total. The van der Waals surface area contributed by atoms with Crippen molar-refractivity contribution in [2.45, 2.75) is 31.8 Å². The smallest absolute Gasteiger partial charge is 0.222 e. The van der Waals surface area contributed by atoms with E-state index in [1.807, 2.05) is 77.9 Å². The molecule has 0 spiro atoms. The minimum Gasteiger partial charge on any atom is -0.495 e. The Labute approximate surface area is 182 Å². The molecule has 1 heterocycles. The van der Waals surface area contributed by atoms with Gasteiger partial charge in [0.05, 0.1) is 12.8 Å². The molecular formula is C23H28N4O2S. The number of ether oxygens (including phenoxy) is 1. The van der Waals surface area contributed by atoms with Crippen molar-refractivity contribution in [2.75, 3.05) is 26.0 Å². The number of hydrogen-bond donors (Lipinski definition) is 0. The Morgan fingerprint density at radius 2 is 1.73 bits per heavy atom. The molecule has 0 fully saturated rings. The monoisotopic (exact) mass is 424 g/mol. The largest absolute Gasteiger partial charge is 0.495 e. The van der Waals surface area contributed by atoms with Gasteiger partial charge in [0.15, 0.2) is 11.0 Å². The molecule has 0 aliphatic rings. The summed E-state index contributed by atoms with van der Waals surface area (Å²) in [4.78, 5) is 14.1. The Hall–Kier alpha value is -2.80. The van der Waals surface area contributed by atoms with Crippen LogP contribution in [0.3, 0.4) is 0 Å². The number of methoxy groups -OCH3 is 1. The lowest BCUT2D eigenvalue weighted by atomic mass is 10.2. The Bertz CT molecular complexity index is 955. The van der Waals surface area contributed by atoms with Gasteiger partial charge in [-0.15, -0.1) is 10.2 Å². The number of rotatable bonds is 10. The second kappa shape index (κ2) is 10.8. The van der Waals surface area contributed by atoms with Gasteiger partial charge < -0.3 is 9.64 Å². The molecule has 1 aromatic heterocycles. The maximum atomic E-state index is 12.2. The average Bonchev–Trinajstić information content (AvgIpc) is 3.21. The van der Waals surface area contributed by atoms with Crippen molar-refractivity contribution in [1.82, 2.24) is 19.7 Å². The van der Waals surface area contributed by atoms with Gasteiger partial charge in [-0.1, -0.05) is 54.2 Å². The van der Waals surface area contributed by atoms with Gasteiger partial charge in [-0.25, -0.2) is 0 Å². The van der Waals surface area contributed by atoms with E-state index in [9.17, 15) is 4.79 Å². The zero-order valence-electron chi connectivity index (χ0n) is 17.7. The molecule has 0 atom stereocenters. The van der Waals surface area contributed by atoms with E-state index in [0.717, 1.165) is 53.2 Å². The van der Waals surface area contributed by atoms with Gasteiger partial charge in [0.2, 0.25) is 5.91 Å². The molecule has 0 radical (unpaired) electrons. The van der Waals surface area contributed by atoms with E-state index in [-0.39, 0.29) is 5.91 Å². The molecule has 2 aromatic carbocycles. The number of nitrogens with zero attached hydrogens (tertiary/aromatic N) is 4. The first-order valence-corrected chi connectivity index (χ1v) is 11.2. The lowest BCUT2D eigenvalue weighted by molar-refractivity contribution is -0.130. The molecule has 0 unspecified atom stereocenters. The maximum absolute atomic E-state index is 12.2. The third-order valence-electron chi connectivity index (χ3n) is 4.87. The summed E-state index contributed by atoms with van der Waals surface area (Å²) in [6.45, 7) is 5.53. The molecule has 7 heteroatoms. The van der Waals surface area contributed by atoms with E-state index in [2.05, 4.69) is 10.2 Å². The SMILES string of the molecule is CCN(CC)C(=O)CCCSc1nnc(-c2ccccc2)n1-c1ccccc1OC. The van der Waals surface area contributed by atoms with Gasteiger partial charge in [-0.3, -0.25) is 9.36 Å². The summed E-state index contributed by atoms with van der Waals surface area (Å²) in [7, 11) is 1.66. The third kappa shape index (κ3) is 5.02. The van der Waals surface area contributed by atoms with E-state index in [0.29, 0.717) is 6.42 Å². The highest BCUT2D eigenvalue weighted by atomic mass is 32.2. The minimum absolute atomic E-state index is 0.205. The van der Waals surface area contributed by atoms with E-state index < -0.39 is 0 Å². The van der Waals surface area contributed by atoms with Crippen LogP contribution in [-0.2, 0) is 4.79 Å². The van der Waals surface area contributed by atoms with Crippen molar-refractivity contribution in [3.05, 3.63) is 54.6 Å². The quantitative estimate of drug-likeness (QED) is 0.349. The van der Waals surface area contributed by atoms with Gasteiger partial charge in [0.1, 0.15) is 5.75 Å². The molecule has 0 saturated heterocycles. The van der Waals surface area contributed by atoms with Crippen LogP contribution in [0.25, 0.3) is 17.1 Å². The zero-order valence-corrected chi connectivity index (χ0v) is 18.6. The van der Waals surface area contributed by atoms with Crippen LogP contribution in [0, 0.1) is 0 Å². The molecule has 0 aliphatic carbocycles. The molecule has 0 N–H and O–H groups in total. The molecule has 30 heavy (non-hydrogen) atoms. The number of carbonyl (C=O) groups excluding carboxylic acids is 1. The molecule has 0 saturated carbocycles. The van der Waals surface area contributed by atoms with Crippen LogP contribution in [0.15, 0.2) is 59.8 Å². The van der Waals surface area contributed by atoms with Crippen LogP contribution in [0.1, 0.15) is 26.7 Å². The number of para-hydroxylation sites is 2. The van der Waals surface area contributed by atoms with E-state index in [4.69, 9.17) is 4.74 Å². The molecule has 3 rings (SSSR count). The summed E-state index contributed by atoms with van der Waals surface area (Å²) in [6, 6.07) is 17.9. The van der Waals surface area contributed by atoms with E-state index >= 15 is 0 Å². The van der Waals surface area contributed by atoms with Crippen molar-refractivity contribution in [2.24, 2.45) is 0 Å². The highest BCUT2D eigenvalue weighted by molar-refractivity contribution is 7.99. The summed E-state index contributed by atoms with van der Waals surface area (Å²) < 4.78 is 7.62. The van der Waals surface area contributed by atoms with Crippen LogP contribution in [0.4, 0.5) is 0 Å². The number of thioether (sulfide) groups is 1. The maximum Gasteiger partial charge on any atom is 0.222 e. The predicted octanol–water partition coefficient (Wildman–Crippen LogP) is 4.68. The first-order valence-electron chi connectivity index (χ1n) is 10.2. The molecule has 0 bridgehead atoms. The van der Waals surface area contributed by atoms with Crippen molar-refractivity contribution >= 4 is 17.7 Å². The topological polar surface area (TPSA) is 60.2 Å². The number of hydrogen-bond acceptors (Lipinski definition) is 5. The summed E-state index contributed by atoms with van der Waals surface area (Å²) in [5, 5.41) is 9.71. The molecular weight excluding hydrogens is 396 g/mol. The highest BCUT2D eigenvalue weighted by Crippen LogP contribution is 2.32. The molecule has 1 amide bonds. The summed E-state index contributed by atoms with van der Waals surface area (Å²) >= 11 is 1.61. The molecule has 3 aromatic rings. The Morgan fingerprint density at radius 3 is 2.43 bits per heavy atom. The van der Waals surface area contributed by atoms with E-state index in [1.54, 1.807) is 18.9 Å². The second-order valence-corrected chi connectivity index (χ2v) is 7.76. The fourth-order valence-electron chi connectivity index (χ4n) is 3.29. The number of benzene rings is 2. The van der Waals surface area contributed by atoms with Crippen LogP contribution >= 0.6 is 11.8 Å². The lowest BCUT2D eigenvalue weighted by Gasteiger charge is -2.18. The second-order valence-electron chi connectivity index (χ2n) is 6.70. The average molecular weight is 425 g/mol. The Morgan fingerprint density at radius 1 is 1.03 bits per heavy atom. The molecule has 158 valence electrons. The van der Waals surface area contributed by atoms with Gasteiger partial charge >= 0.3 is 0 Å². The van der Waals surface area contributed by atoms with Crippen molar-refractivity contribution in [3.63, 3.8) is 0 Å². The first kappa shape index (κ1) is 21.9. The summed E-state index contributed by atoms with van der Waals surface area (Å²) in [5.74, 6) is 2.52. The van der Waals surface area contributed by atoms with Crippen LogP contribution in [0.2, 0.25) is 0 Å².